The number of aliphatic hydroxyl groups is 1. The minimum atomic E-state index is -3.11. The summed E-state index contributed by atoms with van der Waals surface area (Å²) in [6.45, 7) is 4.84. The minimum absolute atomic E-state index is 0.215. The van der Waals surface area contributed by atoms with Gasteiger partial charge in [0.15, 0.2) is 0 Å². The largest absolute Gasteiger partial charge is 0.396 e. The maximum absolute atomic E-state index is 11.7. The SMILES string of the molecule is CCNS(=O)(=O)C1CCN(CCCCO)C1. The summed E-state index contributed by atoms with van der Waals surface area (Å²) in [6.07, 6.45) is 2.44. The Labute approximate surface area is 97.9 Å². The molecule has 1 fully saturated rings. The van der Waals surface area contributed by atoms with E-state index in [1.807, 2.05) is 0 Å². The first kappa shape index (κ1) is 13.9. The molecule has 0 saturated carbocycles. The average molecular weight is 250 g/mol. The van der Waals surface area contributed by atoms with Gasteiger partial charge in [0.05, 0.1) is 5.25 Å². The van der Waals surface area contributed by atoms with Crippen molar-refractivity contribution in [2.24, 2.45) is 0 Å². The summed E-state index contributed by atoms with van der Waals surface area (Å²) in [4.78, 5) is 2.16. The average Bonchev–Trinajstić information content (AvgIpc) is 2.67. The van der Waals surface area contributed by atoms with E-state index in [0.717, 1.165) is 25.9 Å². The highest BCUT2D eigenvalue weighted by Gasteiger charge is 2.31. The Balaban J connectivity index is 2.34. The molecule has 1 unspecified atom stereocenters. The quantitative estimate of drug-likeness (QED) is 0.613. The zero-order valence-corrected chi connectivity index (χ0v) is 10.7. The fourth-order valence-electron chi connectivity index (χ4n) is 2.02. The van der Waals surface area contributed by atoms with Gasteiger partial charge in [0.2, 0.25) is 10.0 Å². The molecule has 1 aliphatic heterocycles. The topological polar surface area (TPSA) is 69.6 Å². The second-order valence-corrected chi connectivity index (χ2v) is 6.23. The second kappa shape index (κ2) is 6.54. The molecule has 0 aromatic rings. The molecule has 96 valence electrons. The molecule has 1 heterocycles. The van der Waals surface area contributed by atoms with Gasteiger partial charge < -0.3 is 10.0 Å². The van der Waals surface area contributed by atoms with Gasteiger partial charge in [0.25, 0.3) is 0 Å². The zero-order valence-electron chi connectivity index (χ0n) is 9.85. The van der Waals surface area contributed by atoms with Crippen LogP contribution in [0, 0.1) is 0 Å². The van der Waals surface area contributed by atoms with Crippen molar-refractivity contribution in [3.05, 3.63) is 0 Å². The van der Waals surface area contributed by atoms with Crippen LogP contribution in [0.15, 0.2) is 0 Å². The van der Waals surface area contributed by atoms with Gasteiger partial charge in [-0.15, -0.1) is 0 Å². The third-order valence-corrected chi connectivity index (χ3v) is 4.85. The van der Waals surface area contributed by atoms with Gasteiger partial charge >= 0.3 is 0 Å². The number of nitrogens with one attached hydrogen (secondary N) is 1. The Kier molecular flexibility index (Phi) is 5.68. The molecule has 0 aromatic carbocycles. The summed E-state index contributed by atoms with van der Waals surface area (Å²) in [5, 5.41) is 8.40. The molecule has 0 spiro atoms. The van der Waals surface area contributed by atoms with Crippen LogP contribution in [-0.4, -0.2) is 56.5 Å². The van der Waals surface area contributed by atoms with Crippen molar-refractivity contribution in [1.29, 1.82) is 0 Å². The number of likely N-dealkylation sites (tertiary alicyclic amines) is 1. The Morgan fingerprint density at radius 3 is 2.81 bits per heavy atom. The highest BCUT2D eigenvalue weighted by molar-refractivity contribution is 7.90. The van der Waals surface area contributed by atoms with Crippen LogP contribution in [0.2, 0.25) is 0 Å². The van der Waals surface area contributed by atoms with Crippen LogP contribution in [0.25, 0.3) is 0 Å². The summed E-state index contributed by atoms with van der Waals surface area (Å²) in [7, 11) is -3.11. The van der Waals surface area contributed by atoms with E-state index in [1.165, 1.54) is 0 Å². The molecule has 5 nitrogen and oxygen atoms in total. The molecular weight excluding hydrogens is 228 g/mol. The number of rotatable bonds is 7. The Bertz CT molecular complexity index is 292. The lowest BCUT2D eigenvalue weighted by atomic mass is 10.3. The van der Waals surface area contributed by atoms with Crippen molar-refractivity contribution in [1.82, 2.24) is 9.62 Å². The Morgan fingerprint density at radius 2 is 2.19 bits per heavy atom. The van der Waals surface area contributed by atoms with E-state index in [-0.39, 0.29) is 11.9 Å². The molecule has 0 bridgehead atoms. The van der Waals surface area contributed by atoms with Crippen molar-refractivity contribution >= 4 is 10.0 Å². The van der Waals surface area contributed by atoms with Crippen LogP contribution in [0.3, 0.4) is 0 Å². The molecule has 2 N–H and O–H groups in total. The van der Waals surface area contributed by atoms with E-state index >= 15 is 0 Å². The van der Waals surface area contributed by atoms with Crippen molar-refractivity contribution in [2.75, 3.05) is 32.8 Å². The highest BCUT2D eigenvalue weighted by atomic mass is 32.2. The van der Waals surface area contributed by atoms with Crippen molar-refractivity contribution < 1.29 is 13.5 Å². The van der Waals surface area contributed by atoms with Crippen molar-refractivity contribution in [3.8, 4) is 0 Å². The van der Waals surface area contributed by atoms with Gasteiger partial charge in [-0.2, -0.15) is 0 Å². The van der Waals surface area contributed by atoms with Crippen molar-refractivity contribution in [3.63, 3.8) is 0 Å². The smallest absolute Gasteiger partial charge is 0.215 e. The number of hydrogen-bond donors (Lipinski definition) is 2. The van der Waals surface area contributed by atoms with E-state index < -0.39 is 10.0 Å². The summed E-state index contributed by atoms with van der Waals surface area (Å²) in [5.41, 5.74) is 0. The maximum Gasteiger partial charge on any atom is 0.215 e. The first-order valence-corrected chi connectivity index (χ1v) is 7.46. The van der Waals surface area contributed by atoms with Gasteiger partial charge in [-0.1, -0.05) is 6.92 Å². The molecule has 0 radical (unpaired) electrons. The lowest BCUT2D eigenvalue weighted by Crippen LogP contribution is -2.36. The second-order valence-electron chi connectivity index (χ2n) is 4.18. The fourth-order valence-corrected chi connectivity index (χ4v) is 3.48. The van der Waals surface area contributed by atoms with Gasteiger partial charge in [-0.25, -0.2) is 13.1 Å². The predicted molar refractivity (Wildman–Crippen MR) is 63.8 cm³/mol. The molecular formula is C10H22N2O3S. The Morgan fingerprint density at radius 1 is 1.44 bits per heavy atom. The summed E-state index contributed by atoms with van der Waals surface area (Å²) in [5.74, 6) is 0. The third kappa shape index (κ3) is 4.01. The lowest BCUT2D eigenvalue weighted by Gasteiger charge is -2.15. The molecule has 6 heteroatoms. The van der Waals surface area contributed by atoms with E-state index in [1.54, 1.807) is 6.92 Å². The molecule has 16 heavy (non-hydrogen) atoms. The molecule has 1 rings (SSSR count). The molecule has 1 aliphatic rings. The van der Waals surface area contributed by atoms with Crippen LogP contribution in [0.1, 0.15) is 26.2 Å². The fraction of sp³-hybridized carbons (Fsp3) is 1.00. The van der Waals surface area contributed by atoms with E-state index in [2.05, 4.69) is 9.62 Å². The van der Waals surface area contributed by atoms with E-state index in [4.69, 9.17) is 5.11 Å². The van der Waals surface area contributed by atoms with Crippen LogP contribution in [0.5, 0.6) is 0 Å². The Hall–Kier alpha value is -0.170. The predicted octanol–water partition coefficient (Wildman–Crippen LogP) is -0.227. The minimum Gasteiger partial charge on any atom is -0.396 e. The lowest BCUT2D eigenvalue weighted by molar-refractivity contribution is 0.264. The first-order valence-electron chi connectivity index (χ1n) is 5.92. The van der Waals surface area contributed by atoms with Gasteiger partial charge in [-0.05, 0) is 32.4 Å². The third-order valence-electron chi connectivity index (χ3n) is 2.90. The van der Waals surface area contributed by atoms with Crippen molar-refractivity contribution in [2.45, 2.75) is 31.4 Å². The molecule has 1 saturated heterocycles. The number of sulfonamides is 1. The van der Waals surface area contributed by atoms with Gasteiger partial charge in [-0.3, -0.25) is 0 Å². The zero-order chi connectivity index (χ0) is 12.0. The van der Waals surface area contributed by atoms with E-state index in [9.17, 15) is 8.42 Å². The summed E-state index contributed by atoms with van der Waals surface area (Å²) < 4.78 is 26.0. The normalized spacial score (nSPS) is 22.8. The molecule has 0 aromatic heterocycles. The number of unbranched alkanes of at least 4 members (excludes halogenated alkanes) is 1. The summed E-state index contributed by atoms with van der Waals surface area (Å²) in [6, 6.07) is 0. The standard InChI is InChI=1S/C10H22N2O3S/c1-2-11-16(14,15)10-5-7-12(9-10)6-3-4-8-13/h10-11,13H,2-9H2,1H3. The molecule has 0 aliphatic carbocycles. The van der Waals surface area contributed by atoms with Gasteiger partial charge in [0.1, 0.15) is 0 Å². The van der Waals surface area contributed by atoms with Crippen LogP contribution in [-0.2, 0) is 10.0 Å². The summed E-state index contributed by atoms with van der Waals surface area (Å²) >= 11 is 0. The van der Waals surface area contributed by atoms with Gasteiger partial charge in [0, 0.05) is 19.7 Å². The van der Waals surface area contributed by atoms with Crippen LogP contribution in [0.4, 0.5) is 0 Å². The van der Waals surface area contributed by atoms with Crippen LogP contribution < -0.4 is 4.72 Å². The highest BCUT2D eigenvalue weighted by Crippen LogP contribution is 2.16. The first-order chi connectivity index (χ1) is 7.60. The molecule has 0 amide bonds. The number of hydrogen-bond acceptors (Lipinski definition) is 4. The monoisotopic (exact) mass is 250 g/mol. The maximum atomic E-state index is 11.7. The van der Waals surface area contributed by atoms with Crippen LogP contribution >= 0.6 is 0 Å². The molecule has 1 atom stereocenters. The van der Waals surface area contributed by atoms with E-state index in [0.29, 0.717) is 19.5 Å². The number of nitrogens with zero attached hydrogens (tertiary/aromatic N) is 1. The number of aliphatic hydroxyl groups excluding tert-OH is 1.